The third kappa shape index (κ3) is 4.05. The fourth-order valence-electron chi connectivity index (χ4n) is 3.83. The molecule has 0 aliphatic heterocycles. The number of nitrogens with one attached hydrogen (secondary N) is 1. The third-order valence-corrected chi connectivity index (χ3v) is 5.91. The van der Waals surface area contributed by atoms with Gasteiger partial charge >= 0.3 is 0 Å². The van der Waals surface area contributed by atoms with Crippen LogP contribution in [0.5, 0.6) is 0 Å². The molecule has 7 heteroatoms. The average Bonchev–Trinajstić information content (AvgIpc) is 2.86. The molecule has 0 aliphatic carbocycles. The molecule has 3 aromatic carbocycles. The molecular formula is C27H20ClN3O3. The Labute approximate surface area is 200 Å². The van der Waals surface area contributed by atoms with E-state index in [9.17, 15) is 9.90 Å². The molecule has 0 atom stereocenters. The van der Waals surface area contributed by atoms with Crippen LogP contribution < -0.4 is 10.9 Å². The van der Waals surface area contributed by atoms with Crippen molar-refractivity contribution in [1.29, 1.82) is 0 Å². The number of benzene rings is 3. The number of hydrogen-bond acceptors (Lipinski definition) is 5. The van der Waals surface area contributed by atoms with E-state index in [-0.39, 0.29) is 17.7 Å². The molecule has 0 unspecified atom stereocenters. The summed E-state index contributed by atoms with van der Waals surface area (Å²) in [6.45, 7) is 1.56. The van der Waals surface area contributed by atoms with Gasteiger partial charge in [-0.05, 0) is 36.6 Å². The number of aryl methyl sites for hydroxylation is 1. The number of fused-ring (bicyclic) bond motifs is 2. The number of nitrogens with zero attached hydrogens (tertiary/aromatic N) is 2. The summed E-state index contributed by atoms with van der Waals surface area (Å²) in [6.07, 6.45) is 1.57. The van der Waals surface area contributed by atoms with Crippen LogP contribution >= 0.6 is 11.6 Å². The first-order valence-electron chi connectivity index (χ1n) is 10.7. The number of hydrogen-bond donors (Lipinski definition) is 2. The lowest BCUT2D eigenvalue weighted by Gasteiger charge is -2.11. The monoisotopic (exact) mass is 469 g/mol. The number of halogens is 1. The molecule has 0 spiro atoms. The number of aromatic nitrogens is 1. The minimum Gasteiger partial charge on any atom is -0.436 e. The summed E-state index contributed by atoms with van der Waals surface area (Å²) in [5.74, 6) is -0.434. The number of anilines is 1. The Bertz CT molecular complexity index is 1620. The molecule has 5 aromatic rings. The molecule has 6 nitrogen and oxygen atoms in total. The largest absolute Gasteiger partial charge is 0.436 e. The third-order valence-electron chi connectivity index (χ3n) is 5.58. The molecule has 0 saturated carbocycles. The molecular weight excluding hydrogens is 450 g/mol. The highest BCUT2D eigenvalue weighted by atomic mass is 35.5. The minimum atomic E-state index is -0.434. The molecule has 2 heterocycles. The minimum absolute atomic E-state index is 0.133. The Balaban J connectivity index is 1.77. The topological polar surface area (TPSA) is 87.7 Å². The number of para-hydroxylation sites is 1. The van der Waals surface area contributed by atoms with Gasteiger partial charge in [-0.15, -0.1) is 0 Å². The predicted octanol–water partition coefficient (Wildman–Crippen LogP) is 5.92. The summed E-state index contributed by atoms with van der Waals surface area (Å²) < 4.78 is 6.17. The molecule has 0 bridgehead atoms. The van der Waals surface area contributed by atoms with Crippen molar-refractivity contribution in [1.82, 2.24) is 4.98 Å². The Morgan fingerprint density at radius 2 is 1.82 bits per heavy atom. The Morgan fingerprint density at radius 3 is 2.65 bits per heavy atom. The Morgan fingerprint density at radius 1 is 1.06 bits per heavy atom. The maximum Gasteiger partial charge on any atom is 0.261 e. The predicted molar refractivity (Wildman–Crippen MR) is 133 cm³/mol. The zero-order valence-electron chi connectivity index (χ0n) is 18.2. The van der Waals surface area contributed by atoms with Crippen molar-refractivity contribution in [3.05, 3.63) is 106 Å². The molecule has 34 heavy (non-hydrogen) atoms. The molecule has 2 N–H and O–H groups in total. The summed E-state index contributed by atoms with van der Waals surface area (Å²) in [4.78, 5) is 22.5. The van der Waals surface area contributed by atoms with Gasteiger partial charge in [-0.2, -0.15) is 0 Å². The number of amides is 1. The highest BCUT2D eigenvalue weighted by Gasteiger charge is 2.17. The number of aliphatic hydroxyl groups is 1. The SMILES string of the molecule is Cc1ncc(CO)c2cc(C(=O)Nc3ccccc3Cl)c(=Nc3cccc4ccccc34)oc12. The van der Waals surface area contributed by atoms with Gasteiger partial charge in [-0.3, -0.25) is 9.78 Å². The zero-order valence-corrected chi connectivity index (χ0v) is 19.0. The van der Waals surface area contributed by atoms with E-state index in [4.69, 9.17) is 21.0 Å². The van der Waals surface area contributed by atoms with Crippen LogP contribution in [-0.4, -0.2) is 16.0 Å². The number of carbonyl (C=O) groups excluding carboxylic acids is 1. The maximum absolute atomic E-state index is 13.4. The molecule has 0 radical (unpaired) electrons. The zero-order chi connectivity index (χ0) is 23.7. The van der Waals surface area contributed by atoms with Gasteiger partial charge in [0.05, 0.1) is 28.7 Å². The molecule has 0 fully saturated rings. The van der Waals surface area contributed by atoms with Crippen LogP contribution in [0.4, 0.5) is 11.4 Å². The average molecular weight is 470 g/mol. The first-order chi connectivity index (χ1) is 16.5. The van der Waals surface area contributed by atoms with Crippen molar-refractivity contribution in [3.63, 3.8) is 0 Å². The lowest BCUT2D eigenvalue weighted by atomic mass is 10.1. The van der Waals surface area contributed by atoms with Crippen molar-refractivity contribution in [2.45, 2.75) is 13.5 Å². The van der Waals surface area contributed by atoms with Crippen molar-refractivity contribution in [2.24, 2.45) is 4.99 Å². The van der Waals surface area contributed by atoms with Gasteiger partial charge in [0.2, 0.25) is 5.55 Å². The van der Waals surface area contributed by atoms with E-state index in [1.807, 2.05) is 42.5 Å². The lowest BCUT2D eigenvalue weighted by molar-refractivity contribution is 0.102. The first-order valence-corrected chi connectivity index (χ1v) is 11.0. The van der Waals surface area contributed by atoms with E-state index >= 15 is 0 Å². The van der Waals surface area contributed by atoms with Gasteiger partial charge in [-0.25, -0.2) is 4.99 Å². The fraction of sp³-hybridized carbons (Fsp3) is 0.0741. The second-order valence-electron chi connectivity index (χ2n) is 7.78. The first kappa shape index (κ1) is 21.8. The van der Waals surface area contributed by atoms with Crippen molar-refractivity contribution in [3.8, 4) is 0 Å². The van der Waals surface area contributed by atoms with Gasteiger partial charge in [0.1, 0.15) is 5.56 Å². The molecule has 168 valence electrons. The van der Waals surface area contributed by atoms with Crippen molar-refractivity contribution < 1.29 is 14.3 Å². The number of pyridine rings is 1. The Hall–Kier alpha value is -4.00. The van der Waals surface area contributed by atoms with Crippen LogP contribution in [0.25, 0.3) is 21.7 Å². The standard InChI is InChI=1S/C27H20ClN3O3/c1-16-25-20(18(15-32)14-29-16)13-21(26(33)30-24-11-5-4-10-22(24)28)27(34-25)31-23-12-6-8-17-7-2-3-9-19(17)23/h2-14,32H,15H2,1H3,(H,30,33). The van der Waals surface area contributed by atoms with Crippen molar-refractivity contribution in [2.75, 3.05) is 5.32 Å². The van der Waals surface area contributed by atoms with E-state index in [1.54, 1.807) is 43.5 Å². The van der Waals surface area contributed by atoms with Gasteiger partial charge < -0.3 is 14.8 Å². The molecule has 0 aliphatic rings. The van der Waals surface area contributed by atoms with Crippen LogP contribution in [0.2, 0.25) is 5.02 Å². The summed E-state index contributed by atoms with van der Waals surface area (Å²) in [7, 11) is 0. The Kier molecular flexibility index (Phi) is 5.84. The smallest absolute Gasteiger partial charge is 0.261 e. The highest BCUT2D eigenvalue weighted by Crippen LogP contribution is 2.27. The van der Waals surface area contributed by atoms with Crippen LogP contribution in [0, 0.1) is 6.92 Å². The number of aliphatic hydroxyl groups excluding tert-OH is 1. The molecule has 0 saturated heterocycles. The molecule has 2 aromatic heterocycles. The van der Waals surface area contributed by atoms with E-state index in [2.05, 4.69) is 10.3 Å². The van der Waals surface area contributed by atoms with Crippen LogP contribution in [0.1, 0.15) is 21.6 Å². The molecule has 5 rings (SSSR count). The van der Waals surface area contributed by atoms with Gasteiger partial charge in [0.25, 0.3) is 5.91 Å². The second kappa shape index (κ2) is 9.09. The highest BCUT2D eigenvalue weighted by molar-refractivity contribution is 6.33. The van der Waals surface area contributed by atoms with Crippen LogP contribution in [0.15, 0.2) is 88.4 Å². The maximum atomic E-state index is 13.4. The quantitative estimate of drug-likeness (QED) is 0.342. The van der Waals surface area contributed by atoms with E-state index in [0.717, 1.165) is 10.8 Å². The second-order valence-corrected chi connectivity index (χ2v) is 8.19. The van der Waals surface area contributed by atoms with E-state index < -0.39 is 5.91 Å². The normalized spacial score (nSPS) is 11.8. The summed E-state index contributed by atoms with van der Waals surface area (Å²) in [6, 6.07) is 22.3. The van der Waals surface area contributed by atoms with E-state index in [0.29, 0.717) is 38.6 Å². The summed E-state index contributed by atoms with van der Waals surface area (Å²) in [5, 5.41) is 15.6. The summed E-state index contributed by atoms with van der Waals surface area (Å²) >= 11 is 6.25. The van der Waals surface area contributed by atoms with Crippen molar-refractivity contribution >= 4 is 50.6 Å². The van der Waals surface area contributed by atoms with Crippen LogP contribution in [0.3, 0.4) is 0 Å². The van der Waals surface area contributed by atoms with Crippen LogP contribution in [-0.2, 0) is 6.61 Å². The number of rotatable bonds is 4. The lowest BCUT2D eigenvalue weighted by Crippen LogP contribution is -2.22. The summed E-state index contributed by atoms with van der Waals surface area (Å²) in [5.41, 5.74) is 3.11. The van der Waals surface area contributed by atoms with Gasteiger partial charge in [0, 0.05) is 22.5 Å². The van der Waals surface area contributed by atoms with E-state index in [1.165, 1.54) is 0 Å². The van der Waals surface area contributed by atoms with Gasteiger partial charge in [-0.1, -0.05) is 60.1 Å². The molecule has 1 amide bonds. The van der Waals surface area contributed by atoms with Gasteiger partial charge in [0.15, 0.2) is 5.58 Å². The fourth-order valence-corrected chi connectivity index (χ4v) is 4.01. The number of carbonyl (C=O) groups is 1.